The third-order valence-electron chi connectivity index (χ3n) is 4.73. The molecule has 5 nitrogen and oxygen atoms in total. The number of aryl methyl sites for hydroxylation is 1. The average Bonchev–Trinajstić information content (AvgIpc) is 3.17. The molecule has 0 saturated carbocycles. The van der Waals surface area contributed by atoms with E-state index in [0.29, 0.717) is 23.5 Å². The van der Waals surface area contributed by atoms with Crippen molar-refractivity contribution < 1.29 is 9.59 Å². The number of nitrogens with one attached hydrogen (secondary N) is 3. The number of carbonyl (C=O) groups is 2. The van der Waals surface area contributed by atoms with Gasteiger partial charge < -0.3 is 15.6 Å². The summed E-state index contributed by atoms with van der Waals surface area (Å²) in [5.41, 5.74) is 4.75. The normalized spacial score (nSPS) is 10.7. The molecular formula is C24H21N3O2. The molecule has 4 aromatic rings. The van der Waals surface area contributed by atoms with Crippen molar-refractivity contribution in [3.63, 3.8) is 0 Å². The van der Waals surface area contributed by atoms with Gasteiger partial charge in [0.25, 0.3) is 11.8 Å². The van der Waals surface area contributed by atoms with Crippen LogP contribution in [0.2, 0.25) is 0 Å². The van der Waals surface area contributed by atoms with Crippen molar-refractivity contribution in [2.75, 3.05) is 5.32 Å². The Kier molecular flexibility index (Phi) is 5.12. The van der Waals surface area contributed by atoms with Crippen LogP contribution in [0, 0.1) is 6.92 Å². The van der Waals surface area contributed by atoms with Gasteiger partial charge in [0.2, 0.25) is 0 Å². The number of benzene rings is 3. The predicted molar refractivity (Wildman–Crippen MR) is 115 cm³/mol. The Morgan fingerprint density at radius 1 is 0.862 bits per heavy atom. The number of hydrogen-bond acceptors (Lipinski definition) is 2. The lowest BCUT2D eigenvalue weighted by atomic mass is 10.1. The first-order valence-electron chi connectivity index (χ1n) is 9.41. The van der Waals surface area contributed by atoms with Crippen molar-refractivity contribution >= 4 is 28.4 Å². The molecular weight excluding hydrogens is 362 g/mol. The Morgan fingerprint density at radius 2 is 1.62 bits per heavy atom. The summed E-state index contributed by atoms with van der Waals surface area (Å²) in [6.07, 6.45) is 0. The summed E-state index contributed by atoms with van der Waals surface area (Å²) in [6, 6.07) is 24.5. The number of amides is 2. The van der Waals surface area contributed by atoms with Crippen LogP contribution in [0.4, 0.5) is 5.69 Å². The second-order valence-electron chi connectivity index (χ2n) is 6.97. The molecule has 29 heavy (non-hydrogen) atoms. The number of aromatic nitrogens is 1. The minimum absolute atomic E-state index is 0.166. The van der Waals surface area contributed by atoms with Gasteiger partial charge in [-0.2, -0.15) is 0 Å². The first-order valence-corrected chi connectivity index (χ1v) is 9.41. The third kappa shape index (κ3) is 4.35. The maximum absolute atomic E-state index is 12.5. The molecule has 3 N–H and O–H groups in total. The second-order valence-corrected chi connectivity index (χ2v) is 6.97. The van der Waals surface area contributed by atoms with E-state index in [0.717, 1.165) is 22.0 Å². The van der Waals surface area contributed by atoms with E-state index < -0.39 is 0 Å². The van der Waals surface area contributed by atoms with E-state index in [1.165, 1.54) is 0 Å². The highest BCUT2D eigenvalue weighted by atomic mass is 16.2. The number of anilines is 1. The number of carbonyl (C=O) groups excluding carboxylic acids is 2. The van der Waals surface area contributed by atoms with Gasteiger partial charge in [0.05, 0.1) is 0 Å². The molecule has 0 fully saturated rings. The number of fused-ring (bicyclic) bond motifs is 1. The Morgan fingerprint density at radius 3 is 2.38 bits per heavy atom. The molecule has 0 spiro atoms. The maximum Gasteiger partial charge on any atom is 0.267 e. The standard InChI is InChI=1S/C24H21N3O2/c1-16-7-9-18(10-8-16)23(28)26-20-11-12-21-19(13-20)14-22(27-21)24(29)25-15-17-5-3-2-4-6-17/h2-14,27H,15H2,1H3,(H,25,29)(H,26,28). The van der Waals surface area contributed by atoms with Crippen LogP contribution in [-0.2, 0) is 6.54 Å². The van der Waals surface area contributed by atoms with Crippen LogP contribution >= 0.6 is 0 Å². The molecule has 0 bridgehead atoms. The number of aromatic amines is 1. The molecule has 3 aromatic carbocycles. The molecule has 5 heteroatoms. The predicted octanol–water partition coefficient (Wildman–Crippen LogP) is 4.66. The van der Waals surface area contributed by atoms with Gasteiger partial charge in [-0.15, -0.1) is 0 Å². The summed E-state index contributed by atoms with van der Waals surface area (Å²) < 4.78 is 0. The van der Waals surface area contributed by atoms with Crippen molar-refractivity contribution in [1.82, 2.24) is 10.3 Å². The first kappa shape index (κ1) is 18.5. The lowest BCUT2D eigenvalue weighted by molar-refractivity contribution is 0.0946. The zero-order valence-corrected chi connectivity index (χ0v) is 16.0. The van der Waals surface area contributed by atoms with Crippen LogP contribution < -0.4 is 10.6 Å². The molecule has 2 amide bonds. The summed E-state index contributed by atoms with van der Waals surface area (Å²) in [5, 5.41) is 6.67. The summed E-state index contributed by atoms with van der Waals surface area (Å²) in [6.45, 7) is 2.45. The van der Waals surface area contributed by atoms with Gasteiger partial charge in [-0.25, -0.2) is 0 Å². The van der Waals surface area contributed by atoms with Gasteiger partial charge >= 0.3 is 0 Å². The van der Waals surface area contributed by atoms with Gasteiger partial charge in [-0.05, 0) is 48.9 Å². The number of rotatable bonds is 5. The van der Waals surface area contributed by atoms with Crippen molar-refractivity contribution in [3.05, 3.63) is 101 Å². The van der Waals surface area contributed by atoms with Crippen LogP contribution in [0.15, 0.2) is 78.9 Å². The van der Waals surface area contributed by atoms with Crippen LogP contribution in [0.1, 0.15) is 32.0 Å². The third-order valence-corrected chi connectivity index (χ3v) is 4.73. The average molecular weight is 383 g/mol. The van der Waals surface area contributed by atoms with E-state index in [9.17, 15) is 9.59 Å². The van der Waals surface area contributed by atoms with Gasteiger partial charge in [0, 0.05) is 28.7 Å². The molecule has 0 aliphatic rings. The van der Waals surface area contributed by atoms with Crippen molar-refractivity contribution in [2.45, 2.75) is 13.5 Å². The highest BCUT2D eigenvalue weighted by Crippen LogP contribution is 2.21. The van der Waals surface area contributed by atoms with Crippen molar-refractivity contribution in [1.29, 1.82) is 0 Å². The zero-order valence-electron chi connectivity index (χ0n) is 16.0. The number of H-pyrrole nitrogens is 1. The van der Waals surface area contributed by atoms with Crippen molar-refractivity contribution in [2.24, 2.45) is 0 Å². The summed E-state index contributed by atoms with van der Waals surface area (Å²) in [5.74, 6) is -0.337. The Bertz CT molecular complexity index is 1160. The largest absolute Gasteiger partial charge is 0.351 e. The molecule has 0 aliphatic heterocycles. The monoisotopic (exact) mass is 383 g/mol. The Balaban J connectivity index is 1.46. The first-order chi connectivity index (χ1) is 14.1. The molecule has 0 radical (unpaired) electrons. The Labute approximate surface area is 168 Å². The van der Waals surface area contributed by atoms with Crippen LogP contribution in [0.3, 0.4) is 0 Å². The second kappa shape index (κ2) is 8.02. The van der Waals surface area contributed by atoms with E-state index in [1.54, 1.807) is 18.2 Å². The highest BCUT2D eigenvalue weighted by Gasteiger charge is 2.11. The summed E-state index contributed by atoms with van der Waals surface area (Å²) in [4.78, 5) is 28.0. The lowest BCUT2D eigenvalue weighted by Gasteiger charge is -2.05. The number of hydrogen-bond donors (Lipinski definition) is 3. The quantitative estimate of drug-likeness (QED) is 0.469. The molecule has 1 heterocycles. The summed E-state index contributed by atoms with van der Waals surface area (Å²) in [7, 11) is 0. The molecule has 0 atom stereocenters. The fourth-order valence-electron chi connectivity index (χ4n) is 3.11. The molecule has 1 aromatic heterocycles. The SMILES string of the molecule is Cc1ccc(C(=O)Nc2ccc3[nH]c(C(=O)NCc4ccccc4)cc3c2)cc1. The van der Waals surface area contributed by atoms with Gasteiger partial charge in [0.15, 0.2) is 0 Å². The van der Waals surface area contributed by atoms with E-state index in [4.69, 9.17) is 0 Å². The molecule has 0 aliphatic carbocycles. The smallest absolute Gasteiger partial charge is 0.267 e. The summed E-state index contributed by atoms with van der Waals surface area (Å²) >= 11 is 0. The van der Waals surface area contributed by atoms with Crippen LogP contribution in [-0.4, -0.2) is 16.8 Å². The maximum atomic E-state index is 12.5. The van der Waals surface area contributed by atoms with Crippen LogP contribution in [0.25, 0.3) is 10.9 Å². The molecule has 0 saturated heterocycles. The zero-order chi connectivity index (χ0) is 20.2. The van der Waals surface area contributed by atoms with E-state index in [-0.39, 0.29) is 11.8 Å². The fourth-order valence-corrected chi connectivity index (χ4v) is 3.11. The van der Waals surface area contributed by atoms with Gasteiger partial charge in [-0.3, -0.25) is 9.59 Å². The lowest BCUT2D eigenvalue weighted by Crippen LogP contribution is -2.22. The minimum Gasteiger partial charge on any atom is -0.351 e. The molecule has 0 unspecified atom stereocenters. The Hall–Kier alpha value is -3.86. The minimum atomic E-state index is -0.171. The topological polar surface area (TPSA) is 74.0 Å². The van der Waals surface area contributed by atoms with E-state index in [1.807, 2.05) is 67.6 Å². The van der Waals surface area contributed by atoms with Gasteiger partial charge in [-0.1, -0.05) is 48.0 Å². The van der Waals surface area contributed by atoms with E-state index >= 15 is 0 Å². The van der Waals surface area contributed by atoms with Crippen LogP contribution in [0.5, 0.6) is 0 Å². The van der Waals surface area contributed by atoms with Gasteiger partial charge in [0.1, 0.15) is 5.69 Å². The fraction of sp³-hybridized carbons (Fsp3) is 0.0833. The van der Waals surface area contributed by atoms with E-state index in [2.05, 4.69) is 15.6 Å². The molecule has 4 rings (SSSR count). The van der Waals surface area contributed by atoms with Crippen molar-refractivity contribution in [3.8, 4) is 0 Å². The molecule has 144 valence electrons. The highest BCUT2D eigenvalue weighted by molar-refractivity contribution is 6.05.